The van der Waals surface area contributed by atoms with Crippen LogP contribution < -0.4 is 20.5 Å². The minimum Gasteiger partial charge on any atom is -0.486 e. The van der Waals surface area contributed by atoms with Crippen molar-refractivity contribution in [3.63, 3.8) is 0 Å². The maximum atomic E-state index is 12.1. The highest BCUT2D eigenvalue weighted by Crippen LogP contribution is 2.31. The van der Waals surface area contributed by atoms with Gasteiger partial charge < -0.3 is 20.5 Å². The van der Waals surface area contributed by atoms with Gasteiger partial charge in [-0.25, -0.2) is 0 Å². The molecule has 1 aliphatic heterocycles. The van der Waals surface area contributed by atoms with Crippen LogP contribution in [0, 0.1) is 0 Å². The van der Waals surface area contributed by atoms with Gasteiger partial charge in [0.15, 0.2) is 11.5 Å². The Hall–Kier alpha value is -1.75. The van der Waals surface area contributed by atoms with Crippen molar-refractivity contribution in [3.05, 3.63) is 24.3 Å². The number of ether oxygens (including phenoxy) is 2. The van der Waals surface area contributed by atoms with Crippen LogP contribution in [-0.4, -0.2) is 30.7 Å². The molecule has 0 spiro atoms. The molecule has 1 saturated carbocycles. The van der Waals surface area contributed by atoms with Gasteiger partial charge in [-0.2, -0.15) is 0 Å². The number of carbonyl (C=O) groups excluding carboxylic acids is 1. The molecule has 5 nitrogen and oxygen atoms in total. The summed E-state index contributed by atoms with van der Waals surface area (Å²) in [5.41, 5.74) is 5.42. The van der Waals surface area contributed by atoms with Gasteiger partial charge in [0, 0.05) is 0 Å². The first kappa shape index (κ1) is 13.2. The van der Waals surface area contributed by atoms with Gasteiger partial charge in [0.05, 0.1) is 12.1 Å². The van der Waals surface area contributed by atoms with Crippen molar-refractivity contribution in [2.75, 3.05) is 13.2 Å². The van der Waals surface area contributed by atoms with E-state index in [1.54, 1.807) is 0 Å². The lowest BCUT2D eigenvalue weighted by molar-refractivity contribution is -0.126. The molecule has 1 aliphatic carbocycles. The zero-order valence-corrected chi connectivity index (χ0v) is 11.4. The molecular weight excluding hydrogens is 256 g/mol. The second kappa shape index (κ2) is 5.32. The molecular formula is C15H20N2O3. The average molecular weight is 276 g/mol. The van der Waals surface area contributed by atoms with Crippen molar-refractivity contribution in [2.45, 2.75) is 37.3 Å². The van der Waals surface area contributed by atoms with E-state index in [-0.39, 0.29) is 12.0 Å². The van der Waals surface area contributed by atoms with Crippen LogP contribution in [0.25, 0.3) is 0 Å². The minimum atomic E-state index is -0.687. The number of nitrogens with two attached hydrogens (primary N) is 1. The van der Waals surface area contributed by atoms with Crippen LogP contribution in [0.5, 0.6) is 11.5 Å². The number of benzene rings is 1. The van der Waals surface area contributed by atoms with E-state index in [9.17, 15) is 4.79 Å². The zero-order chi connectivity index (χ0) is 14.0. The molecule has 0 aromatic heterocycles. The summed E-state index contributed by atoms with van der Waals surface area (Å²) in [6, 6.07) is 7.54. The van der Waals surface area contributed by atoms with Crippen molar-refractivity contribution >= 4 is 5.91 Å². The molecule has 1 unspecified atom stereocenters. The average Bonchev–Trinajstić information content (AvgIpc) is 2.92. The Bertz CT molecular complexity index is 498. The van der Waals surface area contributed by atoms with E-state index in [0.717, 1.165) is 37.2 Å². The Balaban J connectivity index is 1.54. The summed E-state index contributed by atoms with van der Waals surface area (Å²) in [6.07, 6.45) is 3.42. The molecule has 2 aliphatic rings. The van der Waals surface area contributed by atoms with Crippen LogP contribution in [0.15, 0.2) is 24.3 Å². The van der Waals surface area contributed by atoms with Crippen LogP contribution in [0.1, 0.15) is 25.7 Å². The third-order valence-corrected chi connectivity index (χ3v) is 4.01. The van der Waals surface area contributed by atoms with Gasteiger partial charge in [-0.3, -0.25) is 4.79 Å². The molecule has 0 saturated heterocycles. The fourth-order valence-corrected chi connectivity index (χ4v) is 2.78. The lowest BCUT2D eigenvalue weighted by Crippen LogP contribution is -2.54. The normalized spacial score (nSPS) is 23.4. The van der Waals surface area contributed by atoms with E-state index in [2.05, 4.69) is 5.32 Å². The summed E-state index contributed by atoms with van der Waals surface area (Å²) < 4.78 is 11.4. The number of amides is 1. The van der Waals surface area contributed by atoms with Crippen LogP contribution in [0.3, 0.4) is 0 Å². The van der Waals surface area contributed by atoms with Gasteiger partial charge in [-0.05, 0) is 25.0 Å². The van der Waals surface area contributed by atoms with Crippen molar-refractivity contribution in [2.24, 2.45) is 5.73 Å². The Morgan fingerprint density at radius 1 is 1.30 bits per heavy atom. The summed E-state index contributed by atoms with van der Waals surface area (Å²) >= 11 is 0. The Labute approximate surface area is 118 Å². The monoisotopic (exact) mass is 276 g/mol. The highest BCUT2D eigenvalue weighted by molar-refractivity contribution is 5.86. The van der Waals surface area contributed by atoms with E-state index in [0.29, 0.717) is 13.2 Å². The SMILES string of the molecule is NC1(C(=O)NCC2COc3ccccc3O2)CCCC1. The number of fused-ring (bicyclic) bond motifs is 1. The molecule has 1 amide bonds. The quantitative estimate of drug-likeness (QED) is 0.870. The number of hydrogen-bond acceptors (Lipinski definition) is 4. The van der Waals surface area contributed by atoms with Gasteiger partial charge in [0.25, 0.3) is 0 Å². The molecule has 1 fully saturated rings. The van der Waals surface area contributed by atoms with E-state index in [4.69, 9.17) is 15.2 Å². The summed E-state index contributed by atoms with van der Waals surface area (Å²) in [5, 5.41) is 2.90. The molecule has 1 aromatic rings. The van der Waals surface area contributed by atoms with Gasteiger partial charge in [-0.15, -0.1) is 0 Å². The highest BCUT2D eigenvalue weighted by atomic mass is 16.6. The lowest BCUT2D eigenvalue weighted by Gasteiger charge is -2.28. The van der Waals surface area contributed by atoms with Gasteiger partial charge >= 0.3 is 0 Å². The zero-order valence-electron chi connectivity index (χ0n) is 11.4. The molecule has 1 atom stereocenters. The van der Waals surface area contributed by atoms with Crippen molar-refractivity contribution in [1.82, 2.24) is 5.32 Å². The highest BCUT2D eigenvalue weighted by Gasteiger charge is 2.37. The summed E-state index contributed by atoms with van der Waals surface area (Å²) in [6.45, 7) is 0.862. The maximum absolute atomic E-state index is 12.1. The Morgan fingerprint density at radius 2 is 2.00 bits per heavy atom. The third-order valence-electron chi connectivity index (χ3n) is 4.01. The van der Waals surface area contributed by atoms with Crippen LogP contribution in [0.2, 0.25) is 0 Å². The Morgan fingerprint density at radius 3 is 2.75 bits per heavy atom. The molecule has 0 radical (unpaired) electrons. The smallest absolute Gasteiger partial charge is 0.240 e. The second-order valence-corrected chi connectivity index (χ2v) is 5.57. The Kier molecular flexibility index (Phi) is 3.53. The number of nitrogens with one attached hydrogen (secondary N) is 1. The van der Waals surface area contributed by atoms with Crippen LogP contribution >= 0.6 is 0 Å². The number of para-hydroxylation sites is 2. The van der Waals surface area contributed by atoms with Crippen molar-refractivity contribution < 1.29 is 14.3 Å². The van der Waals surface area contributed by atoms with Crippen LogP contribution in [0.4, 0.5) is 0 Å². The molecule has 5 heteroatoms. The second-order valence-electron chi connectivity index (χ2n) is 5.57. The number of rotatable bonds is 3. The molecule has 3 rings (SSSR count). The predicted octanol–water partition coefficient (Wildman–Crippen LogP) is 1.21. The van der Waals surface area contributed by atoms with E-state index >= 15 is 0 Å². The van der Waals surface area contributed by atoms with Gasteiger partial charge in [0.2, 0.25) is 5.91 Å². The lowest BCUT2D eigenvalue weighted by atomic mass is 9.98. The number of hydrogen-bond donors (Lipinski definition) is 2. The maximum Gasteiger partial charge on any atom is 0.240 e. The summed E-state index contributed by atoms with van der Waals surface area (Å²) in [4.78, 5) is 12.1. The van der Waals surface area contributed by atoms with E-state index < -0.39 is 5.54 Å². The first-order valence-electron chi connectivity index (χ1n) is 7.13. The van der Waals surface area contributed by atoms with Crippen molar-refractivity contribution in [3.8, 4) is 11.5 Å². The molecule has 20 heavy (non-hydrogen) atoms. The summed E-state index contributed by atoms with van der Waals surface area (Å²) in [5.74, 6) is 1.40. The van der Waals surface area contributed by atoms with Gasteiger partial charge in [-0.1, -0.05) is 25.0 Å². The van der Waals surface area contributed by atoms with Gasteiger partial charge in [0.1, 0.15) is 12.7 Å². The molecule has 3 N–H and O–H groups in total. The topological polar surface area (TPSA) is 73.6 Å². The molecule has 0 bridgehead atoms. The first-order valence-corrected chi connectivity index (χ1v) is 7.13. The number of carbonyl (C=O) groups is 1. The molecule has 1 aromatic carbocycles. The van der Waals surface area contributed by atoms with E-state index in [1.165, 1.54) is 0 Å². The van der Waals surface area contributed by atoms with Crippen molar-refractivity contribution in [1.29, 1.82) is 0 Å². The fourth-order valence-electron chi connectivity index (χ4n) is 2.78. The standard InChI is InChI=1S/C15H20N2O3/c16-15(7-3-4-8-15)14(18)17-9-11-10-19-12-5-1-2-6-13(12)20-11/h1-2,5-6,11H,3-4,7-10,16H2,(H,17,18). The fraction of sp³-hybridized carbons (Fsp3) is 0.533. The molecule has 108 valence electrons. The third kappa shape index (κ3) is 2.58. The van der Waals surface area contributed by atoms with Crippen LogP contribution in [-0.2, 0) is 4.79 Å². The van der Waals surface area contributed by atoms with E-state index in [1.807, 2.05) is 24.3 Å². The minimum absolute atomic E-state index is 0.0718. The first-order chi connectivity index (χ1) is 9.67. The summed E-state index contributed by atoms with van der Waals surface area (Å²) in [7, 11) is 0. The molecule has 1 heterocycles. The predicted molar refractivity (Wildman–Crippen MR) is 74.7 cm³/mol. The largest absolute Gasteiger partial charge is 0.486 e.